The number of anilines is 1. The monoisotopic (exact) mass is 197 g/mol. The number of carbonyl (C=O) groups excluding carboxylic acids is 1. The zero-order valence-electron chi connectivity index (χ0n) is 8.65. The molecule has 0 radical (unpaired) electrons. The van der Waals surface area contributed by atoms with Crippen molar-refractivity contribution in [1.29, 1.82) is 0 Å². The first-order chi connectivity index (χ1) is 6.67. The highest BCUT2D eigenvalue weighted by molar-refractivity contribution is 5.73. The normalized spacial score (nSPS) is 12.2. The van der Waals surface area contributed by atoms with Crippen LogP contribution in [0.2, 0.25) is 0 Å². The summed E-state index contributed by atoms with van der Waals surface area (Å²) < 4.78 is 7.12. The minimum Gasteiger partial charge on any atom is -0.472 e. The average molecular weight is 197 g/mol. The van der Waals surface area contributed by atoms with Crippen LogP contribution < -0.4 is 10.1 Å². The SMILES string of the molecule is CC[C@H](C)Oc1nn(C)cc1NC=O. The Bertz CT molecular complexity index is 309. The molecule has 1 aromatic rings. The molecule has 0 aliphatic carbocycles. The van der Waals surface area contributed by atoms with Gasteiger partial charge in [0.2, 0.25) is 6.41 Å². The highest BCUT2D eigenvalue weighted by atomic mass is 16.5. The van der Waals surface area contributed by atoms with E-state index in [1.165, 1.54) is 0 Å². The molecule has 0 aliphatic heterocycles. The molecule has 0 aromatic carbocycles. The Hall–Kier alpha value is -1.52. The van der Waals surface area contributed by atoms with Crippen LogP contribution in [0, 0.1) is 0 Å². The van der Waals surface area contributed by atoms with Crippen LogP contribution in [0.3, 0.4) is 0 Å². The number of hydrogen-bond donors (Lipinski definition) is 1. The number of carbonyl (C=O) groups is 1. The van der Waals surface area contributed by atoms with Gasteiger partial charge >= 0.3 is 0 Å². The lowest BCUT2D eigenvalue weighted by molar-refractivity contribution is -0.105. The minimum atomic E-state index is 0.0945. The fourth-order valence-corrected chi connectivity index (χ4v) is 0.991. The number of ether oxygens (including phenoxy) is 1. The summed E-state index contributed by atoms with van der Waals surface area (Å²) in [6.45, 7) is 3.99. The van der Waals surface area contributed by atoms with Crippen molar-refractivity contribution in [2.75, 3.05) is 5.32 Å². The summed E-state index contributed by atoms with van der Waals surface area (Å²) in [5.74, 6) is 0.467. The van der Waals surface area contributed by atoms with E-state index in [-0.39, 0.29) is 6.10 Å². The van der Waals surface area contributed by atoms with Crippen molar-refractivity contribution in [3.63, 3.8) is 0 Å². The third-order valence-electron chi connectivity index (χ3n) is 1.90. The predicted octanol–water partition coefficient (Wildman–Crippen LogP) is 1.17. The molecule has 0 aliphatic rings. The molecule has 1 aromatic heterocycles. The van der Waals surface area contributed by atoms with Gasteiger partial charge in [-0.2, -0.15) is 0 Å². The quantitative estimate of drug-likeness (QED) is 0.721. The molecule has 5 heteroatoms. The first kappa shape index (κ1) is 10.6. The van der Waals surface area contributed by atoms with E-state index in [0.29, 0.717) is 18.0 Å². The molecular weight excluding hydrogens is 182 g/mol. The van der Waals surface area contributed by atoms with Crippen molar-refractivity contribution >= 4 is 12.1 Å². The predicted molar refractivity (Wildman–Crippen MR) is 53.3 cm³/mol. The first-order valence-corrected chi connectivity index (χ1v) is 4.57. The van der Waals surface area contributed by atoms with E-state index in [1.54, 1.807) is 17.9 Å². The molecule has 1 heterocycles. The van der Waals surface area contributed by atoms with Gasteiger partial charge in [-0.1, -0.05) is 6.92 Å². The molecule has 1 N–H and O–H groups in total. The van der Waals surface area contributed by atoms with Gasteiger partial charge in [0.15, 0.2) is 0 Å². The summed E-state index contributed by atoms with van der Waals surface area (Å²) in [6.07, 6.45) is 3.31. The molecule has 1 atom stereocenters. The van der Waals surface area contributed by atoms with E-state index >= 15 is 0 Å². The Balaban J connectivity index is 2.78. The fraction of sp³-hybridized carbons (Fsp3) is 0.556. The van der Waals surface area contributed by atoms with Crippen LogP contribution in [-0.2, 0) is 11.8 Å². The lowest BCUT2D eigenvalue weighted by Crippen LogP contribution is -2.11. The smallest absolute Gasteiger partial charge is 0.257 e. The van der Waals surface area contributed by atoms with Crippen LogP contribution in [0.15, 0.2) is 6.20 Å². The largest absolute Gasteiger partial charge is 0.472 e. The highest BCUT2D eigenvalue weighted by Crippen LogP contribution is 2.22. The molecule has 0 unspecified atom stereocenters. The van der Waals surface area contributed by atoms with Crippen LogP contribution in [-0.4, -0.2) is 22.3 Å². The Labute approximate surface area is 83.1 Å². The van der Waals surface area contributed by atoms with E-state index in [2.05, 4.69) is 10.4 Å². The fourth-order valence-electron chi connectivity index (χ4n) is 0.991. The maximum absolute atomic E-state index is 10.3. The van der Waals surface area contributed by atoms with Crippen LogP contribution in [0.1, 0.15) is 20.3 Å². The molecule has 0 saturated carbocycles. The molecule has 0 saturated heterocycles. The second kappa shape index (κ2) is 4.64. The number of aromatic nitrogens is 2. The lowest BCUT2D eigenvalue weighted by Gasteiger charge is -2.10. The zero-order chi connectivity index (χ0) is 10.6. The topological polar surface area (TPSA) is 56.1 Å². The van der Waals surface area contributed by atoms with Crippen molar-refractivity contribution in [2.24, 2.45) is 7.05 Å². The Kier molecular flexibility index (Phi) is 3.50. The van der Waals surface area contributed by atoms with Crippen molar-refractivity contribution < 1.29 is 9.53 Å². The first-order valence-electron chi connectivity index (χ1n) is 4.57. The second-order valence-corrected chi connectivity index (χ2v) is 3.12. The molecule has 14 heavy (non-hydrogen) atoms. The Morgan fingerprint density at radius 2 is 2.50 bits per heavy atom. The van der Waals surface area contributed by atoms with Crippen LogP contribution in [0.5, 0.6) is 5.88 Å². The van der Waals surface area contributed by atoms with E-state index in [4.69, 9.17) is 4.74 Å². The van der Waals surface area contributed by atoms with Gasteiger partial charge in [-0.05, 0) is 13.3 Å². The maximum atomic E-state index is 10.3. The Morgan fingerprint density at radius 1 is 1.79 bits per heavy atom. The molecule has 1 amide bonds. The highest BCUT2D eigenvalue weighted by Gasteiger charge is 2.10. The summed E-state index contributed by atoms with van der Waals surface area (Å²) in [5.41, 5.74) is 0.600. The van der Waals surface area contributed by atoms with Gasteiger partial charge in [0.25, 0.3) is 5.88 Å². The number of nitrogens with one attached hydrogen (secondary N) is 1. The van der Waals surface area contributed by atoms with Gasteiger partial charge in [0.1, 0.15) is 5.69 Å². The summed E-state index contributed by atoms with van der Waals surface area (Å²) >= 11 is 0. The van der Waals surface area contributed by atoms with Crippen molar-refractivity contribution in [1.82, 2.24) is 9.78 Å². The number of rotatable bonds is 5. The molecule has 5 nitrogen and oxygen atoms in total. The number of aryl methyl sites for hydroxylation is 1. The van der Waals surface area contributed by atoms with Gasteiger partial charge in [0, 0.05) is 7.05 Å². The summed E-state index contributed by atoms with van der Waals surface area (Å²) in [4.78, 5) is 10.3. The molecule has 0 spiro atoms. The van der Waals surface area contributed by atoms with Gasteiger partial charge in [-0.3, -0.25) is 9.48 Å². The van der Waals surface area contributed by atoms with Crippen LogP contribution >= 0.6 is 0 Å². The molecular formula is C9H15N3O2. The van der Waals surface area contributed by atoms with Crippen LogP contribution in [0.4, 0.5) is 5.69 Å². The van der Waals surface area contributed by atoms with Crippen molar-refractivity contribution in [3.05, 3.63) is 6.20 Å². The van der Waals surface area contributed by atoms with Gasteiger partial charge in [-0.25, -0.2) is 0 Å². The standard InChI is InChI=1S/C9H15N3O2/c1-4-7(2)14-9-8(10-6-13)5-12(3)11-9/h5-7H,4H2,1-3H3,(H,10,13)/t7-/m0/s1. The van der Waals surface area contributed by atoms with Crippen molar-refractivity contribution in [3.8, 4) is 5.88 Å². The molecule has 0 fully saturated rings. The molecule has 0 bridgehead atoms. The number of hydrogen-bond acceptors (Lipinski definition) is 3. The third kappa shape index (κ3) is 2.48. The lowest BCUT2D eigenvalue weighted by atomic mass is 10.3. The molecule has 78 valence electrons. The van der Waals surface area contributed by atoms with Crippen molar-refractivity contribution in [2.45, 2.75) is 26.4 Å². The minimum absolute atomic E-state index is 0.0945. The summed E-state index contributed by atoms with van der Waals surface area (Å²) in [7, 11) is 1.78. The maximum Gasteiger partial charge on any atom is 0.257 e. The van der Waals surface area contributed by atoms with E-state index in [1.807, 2.05) is 13.8 Å². The third-order valence-corrected chi connectivity index (χ3v) is 1.90. The van der Waals surface area contributed by atoms with E-state index in [0.717, 1.165) is 6.42 Å². The number of nitrogens with zero attached hydrogens (tertiary/aromatic N) is 2. The van der Waals surface area contributed by atoms with Gasteiger partial charge in [-0.15, -0.1) is 5.10 Å². The summed E-state index contributed by atoms with van der Waals surface area (Å²) in [5, 5.41) is 6.63. The van der Waals surface area contributed by atoms with Gasteiger partial charge in [0.05, 0.1) is 12.3 Å². The van der Waals surface area contributed by atoms with E-state index in [9.17, 15) is 4.79 Å². The average Bonchev–Trinajstić information content (AvgIpc) is 2.47. The number of amides is 1. The molecule has 1 rings (SSSR count). The second-order valence-electron chi connectivity index (χ2n) is 3.12. The van der Waals surface area contributed by atoms with Crippen LogP contribution in [0.25, 0.3) is 0 Å². The Morgan fingerprint density at radius 3 is 3.07 bits per heavy atom. The van der Waals surface area contributed by atoms with E-state index < -0.39 is 0 Å². The summed E-state index contributed by atoms with van der Waals surface area (Å²) in [6, 6.07) is 0. The van der Waals surface area contributed by atoms with Gasteiger partial charge < -0.3 is 10.1 Å². The zero-order valence-corrected chi connectivity index (χ0v) is 8.65.